The number of aromatic nitrogens is 2. The molecule has 0 spiro atoms. The van der Waals surface area contributed by atoms with Gasteiger partial charge in [-0.15, -0.1) is 0 Å². The van der Waals surface area contributed by atoms with Gasteiger partial charge in [-0.05, 0) is 32.9 Å². The summed E-state index contributed by atoms with van der Waals surface area (Å²) in [7, 11) is 1.67. The highest BCUT2D eigenvalue weighted by molar-refractivity contribution is 9.10. The fourth-order valence-corrected chi connectivity index (χ4v) is 2.31. The molecule has 0 radical (unpaired) electrons. The number of imidazole rings is 1. The number of hydrogen-bond acceptors (Lipinski definition) is 3. The fraction of sp³-hybridized carbons (Fsp3) is 0.400. The zero-order valence-electron chi connectivity index (χ0n) is 12.3. The lowest BCUT2D eigenvalue weighted by molar-refractivity contribution is 0.413. The second-order valence-corrected chi connectivity index (χ2v) is 6.62. The first-order chi connectivity index (χ1) is 9.39. The van der Waals surface area contributed by atoms with Gasteiger partial charge in [0.15, 0.2) is 0 Å². The summed E-state index contributed by atoms with van der Waals surface area (Å²) in [6.07, 6.45) is 3.70. The highest BCUT2D eigenvalue weighted by atomic mass is 79.9. The van der Waals surface area contributed by atoms with Crippen LogP contribution in [0.1, 0.15) is 26.5 Å². The van der Waals surface area contributed by atoms with Crippen LogP contribution >= 0.6 is 15.9 Å². The van der Waals surface area contributed by atoms with E-state index in [1.54, 1.807) is 7.11 Å². The number of benzene rings is 1. The molecule has 1 N–H and O–H groups in total. The largest absolute Gasteiger partial charge is 0.497 e. The number of nitrogens with one attached hydrogen (secondary N) is 1. The van der Waals surface area contributed by atoms with Crippen LogP contribution in [0.25, 0.3) is 5.69 Å². The quantitative estimate of drug-likeness (QED) is 0.927. The summed E-state index contributed by atoms with van der Waals surface area (Å²) in [5.74, 6) is 0.817. The maximum atomic E-state index is 5.31. The summed E-state index contributed by atoms with van der Waals surface area (Å²) in [4.78, 5) is 4.25. The lowest BCUT2D eigenvalue weighted by Crippen LogP contribution is -2.35. The molecule has 2 aromatic rings. The van der Waals surface area contributed by atoms with E-state index >= 15 is 0 Å². The van der Waals surface area contributed by atoms with Crippen molar-refractivity contribution in [3.05, 3.63) is 40.9 Å². The predicted octanol–water partition coefficient (Wildman–Crippen LogP) is 3.53. The zero-order chi connectivity index (χ0) is 14.8. The molecule has 0 aliphatic rings. The molecule has 1 heterocycles. The molecule has 0 aliphatic heterocycles. The van der Waals surface area contributed by atoms with Crippen molar-refractivity contribution in [1.82, 2.24) is 14.9 Å². The van der Waals surface area contributed by atoms with Crippen LogP contribution in [-0.4, -0.2) is 22.2 Å². The SMILES string of the molecule is COc1cc(Br)cc(-n2cncc2CNC(C)(C)C)c1. The van der Waals surface area contributed by atoms with Crippen molar-refractivity contribution in [2.75, 3.05) is 7.11 Å². The van der Waals surface area contributed by atoms with E-state index in [2.05, 4.69) is 51.6 Å². The second kappa shape index (κ2) is 5.97. The first-order valence-electron chi connectivity index (χ1n) is 6.50. The van der Waals surface area contributed by atoms with Crippen molar-refractivity contribution in [2.24, 2.45) is 0 Å². The fourth-order valence-electron chi connectivity index (χ4n) is 1.85. The molecule has 0 atom stereocenters. The van der Waals surface area contributed by atoms with Gasteiger partial charge in [0.25, 0.3) is 0 Å². The van der Waals surface area contributed by atoms with Crippen molar-refractivity contribution < 1.29 is 4.74 Å². The minimum absolute atomic E-state index is 0.0735. The molecule has 0 saturated carbocycles. The molecule has 4 nitrogen and oxygen atoms in total. The van der Waals surface area contributed by atoms with E-state index in [0.29, 0.717) is 0 Å². The predicted molar refractivity (Wildman–Crippen MR) is 84.4 cm³/mol. The van der Waals surface area contributed by atoms with Crippen LogP contribution < -0.4 is 10.1 Å². The van der Waals surface area contributed by atoms with Gasteiger partial charge in [0.05, 0.1) is 24.8 Å². The minimum atomic E-state index is 0.0735. The lowest BCUT2D eigenvalue weighted by atomic mass is 10.1. The van der Waals surface area contributed by atoms with Gasteiger partial charge in [-0.3, -0.25) is 0 Å². The number of hydrogen-bond donors (Lipinski definition) is 1. The number of nitrogens with zero attached hydrogens (tertiary/aromatic N) is 2. The Kier molecular flexibility index (Phi) is 4.50. The monoisotopic (exact) mass is 337 g/mol. The minimum Gasteiger partial charge on any atom is -0.497 e. The van der Waals surface area contributed by atoms with Gasteiger partial charge in [-0.1, -0.05) is 15.9 Å². The molecule has 0 amide bonds. The summed E-state index contributed by atoms with van der Waals surface area (Å²) in [6, 6.07) is 5.98. The van der Waals surface area contributed by atoms with Gasteiger partial charge >= 0.3 is 0 Å². The molecule has 0 fully saturated rings. The van der Waals surface area contributed by atoms with Crippen molar-refractivity contribution in [1.29, 1.82) is 0 Å². The number of methoxy groups -OCH3 is 1. The Balaban J connectivity index is 2.30. The van der Waals surface area contributed by atoms with E-state index in [0.717, 1.165) is 28.1 Å². The van der Waals surface area contributed by atoms with Gasteiger partial charge in [-0.25, -0.2) is 4.98 Å². The highest BCUT2D eigenvalue weighted by Gasteiger charge is 2.12. The first-order valence-corrected chi connectivity index (χ1v) is 7.29. The molecule has 0 saturated heterocycles. The number of halogens is 1. The highest BCUT2D eigenvalue weighted by Crippen LogP contribution is 2.24. The third-order valence-electron chi connectivity index (χ3n) is 2.88. The Morgan fingerprint density at radius 1 is 1.30 bits per heavy atom. The Hall–Kier alpha value is -1.33. The van der Waals surface area contributed by atoms with E-state index in [4.69, 9.17) is 4.74 Å². The molecule has 0 aliphatic carbocycles. The number of rotatable bonds is 4. The van der Waals surface area contributed by atoms with Crippen LogP contribution in [0.3, 0.4) is 0 Å². The average Bonchev–Trinajstić information content (AvgIpc) is 2.83. The van der Waals surface area contributed by atoms with Crippen LogP contribution in [0.15, 0.2) is 35.2 Å². The zero-order valence-corrected chi connectivity index (χ0v) is 13.9. The molecule has 1 aromatic heterocycles. The van der Waals surface area contributed by atoms with E-state index in [9.17, 15) is 0 Å². The van der Waals surface area contributed by atoms with Gasteiger partial charge in [0.2, 0.25) is 0 Å². The molecular weight excluding hydrogens is 318 g/mol. The molecule has 108 valence electrons. The lowest BCUT2D eigenvalue weighted by Gasteiger charge is -2.21. The Bertz CT molecular complexity index is 587. The summed E-state index contributed by atoms with van der Waals surface area (Å²) >= 11 is 3.51. The molecular formula is C15H20BrN3O. The van der Waals surface area contributed by atoms with Crippen molar-refractivity contribution in [3.8, 4) is 11.4 Å². The van der Waals surface area contributed by atoms with E-state index in [1.165, 1.54) is 0 Å². The molecule has 0 unspecified atom stereocenters. The standard InChI is InChI=1S/C15H20BrN3O/c1-15(2,3)18-9-13-8-17-10-19(13)12-5-11(16)6-14(7-12)20-4/h5-8,10,18H,9H2,1-4H3. The normalized spacial score (nSPS) is 11.7. The Labute approximate surface area is 128 Å². The van der Waals surface area contributed by atoms with E-state index < -0.39 is 0 Å². The number of ether oxygens (including phenoxy) is 1. The molecule has 2 rings (SSSR count). The summed E-state index contributed by atoms with van der Waals surface area (Å²) < 4.78 is 8.35. The van der Waals surface area contributed by atoms with Crippen LogP contribution in [-0.2, 0) is 6.54 Å². The molecule has 20 heavy (non-hydrogen) atoms. The van der Waals surface area contributed by atoms with Crippen LogP contribution in [0, 0.1) is 0 Å². The van der Waals surface area contributed by atoms with Crippen LogP contribution in [0.2, 0.25) is 0 Å². The first kappa shape index (κ1) is 15.1. The van der Waals surface area contributed by atoms with E-state index in [1.807, 2.05) is 30.7 Å². The van der Waals surface area contributed by atoms with Crippen molar-refractivity contribution in [3.63, 3.8) is 0 Å². The third-order valence-corrected chi connectivity index (χ3v) is 3.34. The smallest absolute Gasteiger partial charge is 0.122 e. The molecule has 5 heteroatoms. The van der Waals surface area contributed by atoms with Gasteiger partial charge < -0.3 is 14.6 Å². The maximum absolute atomic E-state index is 5.31. The van der Waals surface area contributed by atoms with Crippen LogP contribution in [0.4, 0.5) is 0 Å². The van der Waals surface area contributed by atoms with Crippen molar-refractivity contribution >= 4 is 15.9 Å². The van der Waals surface area contributed by atoms with Gasteiger partial charge in [-0.2, -0.15) is 0 Å². The Morgan fingerprint density at radius 2 is 2.05 bits per heavy atom. The Morgan fingerprint density at radius 3 is 2.70 bits per heavy atom. The van der Waals surface area contributed by atoms with Gasteiger partial charge in [0.1, 0.15) is 5.75 Å². The van der Waals surface area contributed by atoms with Gasteiger partial charge in [0, 0.05) is 28.8 Å². The second-order valence-electron chi connectivity index (χ2n) is 5.71. The summed E-state index contributed by atoms with van der Waals surface area (Å²) in [5, 5.41) is 3.47. The van der Waals surface area contributed by atoms with Crippen LogP contribution in [0.5, 0.6) is 5.75 Å². The van der Waals surface area contributed by atoms with Crippen molar-refractivity contribution in [2.45, 2.75) is 32.9 Å². The summed E-state index contributed by atoms with van der Waals surface area (Å²) in [5.41, 5.74) is 2.21. The third kappa shape index (κ3) is 3.84. The van der Waals surface area contributed by atoms with E-state index in [-0.39, 0.29) is 5.54 Å². The molecule has 0 bridgehead atoms. The molecule has 1 aromatic carbocycles. The maximum Gasteiger partial charge on any atom is 0.122 e. The summed E-state index contributed by atoms with van der Waals surface area (Å²) in [6.45, 7) is 7.21. The topological polar surface area (TPSA) is 39.1 Å². The average molecular weight is 338 g/mol.